The first kappa shape index (κ1) is 26.5. The second-order valence-corrected chi connectivity index (χ2v) is 8.57. The zero-order chi connectivity index (χ0) is 26.9. The summed E-state index contributed by atoms with van der Waals surface area (Å²) in [4.78, 5) is 29.7. The van der Waals surface area contributed by atoms with Crippen molar-refractivity contribution in [2.24, 2.45) is 0 Å². The molecule has 8 heteroatoms. The molecule has 0 radical (unpaired) electrons. The summed E-state index contributed by atoms with van der Waals surface area (Å²) in [6.07, 6.45) is 0.371. The first-order valence-corrected chi connectivity index (χ1v) is 12.2. The summed E-state index contributed by atoms with van der Waals surface area (Å²) < 4.78 is 33.3. The van der Waals surface area contributed by atoms with Gasteiger partial charge in [-0.25, -0.2) is 13.6 Å². The van der Waals surface area contributed by atoms with Crippen LogP contribution in [-0.2, 0) is 17.7 Å². The van der Waals surface area contributed by atoms with Gasteiger partial charge in [-0.2, -0.15) is 0 Å². The molecule has 1 heterocycles. The summed E-state index contributed by atoms with van der Waals surface area (Å²) in [7, 11) is 0. The van der Waals surface area contributed by atoms with Crippen LogP contribution in [0.2, 0.25) is 0 Å². The molecular weight excluding hydrogens is 488 g/mol. The Hall–Kier alpha value is -4.59. The summed E-state index contributed by atoms with van der Waals surface area (Å²) in [5.41, 5.74) is 3.27. The third kappa shape index (κ3) is 6.59. The lowest BCUT2D eigenvalue weighted by molar-refractivity contribution is 0.0953. The summed E-state index contributed by atoms with van der Waals surface area (Å²) in [6, 6.07) is 23.7. The molecule has 0 aliphatic carbocycles. The number of pyridine rings is 1. The number of aromatic nitrogens is 1. The molecule has 0 aliphatic rings. The third-order valence-corrected chi connectivity index (χ3v) is 5.99. The van der Waals surface area contributed by atoms with Crippen LogP contribution in [0.25, 0.3) is 11.1 Å². The van der Waals surface area contributed by atoms with E-state index in [1.54, 1.807) is 18.3 Å². The van der Waals surface area contributed by atoms with Crippen LogP contribution in [0.1, 0.15) is 40.2 Å². The number of carbonyl (C=O) groups excluding carboxylic acids is 2. The van der Waals surface area contributed by atoms with Gasteiger partial charge in [0, 0.05) is 37.0 Å². The van der Waals surface area contributed by atoms with Crippen LogP contribution in [0.5, 0.6) is 0 Å². The van der Waals surface area contributed by atoms with Crippen LogP contribution in [-0.4, -0.2) is 23.5 Å². The summed E-state index contributed by atoms with van der Waals surface area (Å²) in [5, 5.41) is 5.58. The molecule has 1 unspecified atom stereocenters. The smallest absolute Gasteiger partial charge is 0.408 e. The average Bonchev–Trinajstić information content (AvgIpc) is 2.92. The van der Waals surface area contributed by atoms with E-state index in [1.807, 2.05) is 54.6 Å². The molecule has 4 aromatic rings. The molecule has 4 rings (SSSR count). The number of benzene rings is 3. The average molecular weight is 516 g/mol. The fourth-order valence-electron chi connectivity index (χ4n) is 4.13. The van der Waals surface area contributed by atoms with Gasteiger partial charge in [0.15, 0.2) is 0 Å². The van der Waals surface area contributed by atoms with Gasteiger partial charge in [0.05, 0.1) is 5.56 Å². The van der Waals surface area contributed by atoms with Gasteiger partial charge < -0.3 is 15.4 Å². The van der Waals surface area contributed by atoms with Crippen molar-refractivity contribution >= 4 is 12.0 Å². The van der Waals surface area contributed by atoms with Crippen molar-refractivity contribution in [2.45, 2.75) is 26.0 Å². The molecule has 0 saturated carbocycles. The third-order valence-electron chi connectivity index (χ3n) is 5.99. The van der Waals surface area contributed by atoms with Gasteiger partial charge >= 0.3 is 6.09 Å². The minimum atomic E-state index is -1.12. The highest BCUT2D eigenvalue weighted by atomic mass is 19.1. The second kappa shape index (κ2) is 12.6. The minimum Gasteiger partial charge on any atom is -0.441 e. The van der Waals surface area contributed by atoms with Crippen LogP contribution >= 0.6 is 0 Å². The van der Waals surface area contributed by atoms with Gasteiger partial charge in [-0.1, -0.05) is 54.6 Å². The number of carbonyl (C=O) groups is 2. The van der Waals surface area contributed by atoms with Crippen LogP contribution in [0, 0.1) is 11.6 Å². The van der Waals surface area contributed by atoms with E-state index in [-0.39, 0.29) is 18.0 Å². The predicted octanol–water partition coefficient (Wildman–Crippen LogP) is 5.99. The number of hydrogen-bond acceptors (Lipinski definition) is 4. The molecule has 1 atom stereocenters. The largest absolute Gasteiger partial charge is 0.441 e. The quantitative estimate of drug-likeness (QED) is 0.287. The minimum absolute atomic E-state index is 0.0805. The van der Waals surface area contributed by atoms with Gasteiger partial charge in [-0.15, -0.1) is 0 Å². The van der Waals surface area contributed by atoms with Crippen LogP contribution < -0.4 is 10.6 Å². The highest BCUT2D eigenvalue weighted by molar-refractivity contribution is 6.01. The Kier molecular flexibility index (Phi) is 8.77. The Morgan fingerprint density at radius 1 is 0.842 bits per heavy atom. The molecule has 6 nitrogen and oxygen atoms in total. The van der Waals surface area contributed by atoms with Gasteiger partial charge in [-0.05, 0) is 53.9 Å². The van der Waals surface area contributed by atoms with Crippen molar-refractivity contribution in [3.63, 3.8) is 0 Å². The molecule has 0 aliphatic heterocycles. The molecule has 1 aromatic heterocycles. The number of halogens is 2. The number of amides is 2. The van der Waals surface area contributed by atoms with Gasteiger partial charge in [-0.3, -0.25) is 9.78 Å². The monoisotopic (exact) mass is 515 g/mol. The highest BCUT2D eigenvalue weighted by Crippen LogP contribution is 2.28. The Bertz CT molecular complexity index is 1390. The first-order chi connectivity index (χ1) is 18.4. The number of nitrogens with one attached hydrogen (secondary N) is 2. The maximum atomic E-state index is 14.0. The number of rotatable bonds is 9. The van der Waals surface area contributed by atoms with Crippen molar-refractivity contribution in [2.75, 3.05) is 6.54 Å². The van der Waals surface area contributed by atoms with Crippen molar-refractivity contribution in [3.8, 4) is 11.1 Å². The maximum Gasteiger partial charge on any atom is 0.408 e. The number of ether oxygens (including phenoxy) is 1. The molecule has 2 amide bonds. The van der Waals surface area contributed by atoms with Gasteiger partial charge in [0.25, 0.3) is 5.91 Å². The number of nitrogens with zero attached hydrogens (tertiary/aromatic N) is 1. The van der Waals surface area contributed by atoms with Crippen LogP contribution in [0.15, 0.2) is 91.1 Å². The van der Waals surface area contributed by atoms with Gasteiger partial charge in [0.2, 0.25) is 0 Å². The Labute approximate surface area is 219 Å². The lowest BCUT2D eigenvalue weighted by atomic mass is 9.95. The van der Waals surface area contributed by atoms with Crippen molar-refractivity contribution in [1.29, 1.82) is 0 Å². The van der Waals surface area contributed by atoms with E-state index in [2.05, 4.69) is 15.6 Å². The zero-order valence-corrected chi connectivity index (χ0v) is 20.8. The summed E-state index contributed by atoms with van der Waals surface area (Å²) in [6.45, 7) is 1.91. The molecule has 0 bridgehead atoms. The Morgan fingerprint density at radius 2 is 1.53 bits per heavy atom. The van der Waals surface area contributed by atoms with E-state index in [0.29, 0.717) is 24.1 Å². The van der Waals surface area contributed by atoms with Crippen molar-refractivity contribution in [3.05, 3.63) is 125 Å². The van der Waals surface area contributed by atoms with E-state index < -0.39 is 23.8 Å². The molecule has 38 heavy (non-hydrogen) atoms. The topological polar surface area (TPSA) is 80.3 Å². The second-order valence-electron chi connectivity index (χ2n) is 8.57. The lowest BCUT2D eigenvalue weighted by Crippen LogP contribution is -2.27. The lowest BCUT2D eigenvalue weighted by Gasteiger charge is -2.17. The predicted molar refractivity (Wildman–Crippen MR) is 140 cm³/mol. The molecule has 0 saturated heterocycles. The maximum absolute atomic E-state index is 14.0. The van der Waals surface area contributed by atoms with Crippen molar-refractivity contribution in [1.82, 2.24) is 15.6 Å². The molecule has 3 aromatic carbocycles. The van der Waals surface area contributed by atoms with E-state index in [1.165, 1.54) is 13.0 Å². The van der Waals surface area contributed by atoms with E-state index >= 15 is 0 Å². The summed E-state index contributed by atoms with van der Waals surface area (Å²) in [5.74, 6) is -1.80. The first-order valence-electron chi connectivity index (χ1n) is 12.2. The van der Waals surface area contributed by atoms with E-state index in [0.717, 1.165) is 29.0 Å². The van der Waals surface area contributed by atoms with E-state index in [9.17, 15) is 18.4 Å². The molecule has 194 valence electrons. The standard InChI is InChI=1S/C30H27F2N3O3/c1-20(28-26(31)14-8-15-27(28)32)38-30(37)35-19-21-9-2-3-11-23(21)24-12-4-5-13-25(24)29(36)34-18-16-22-10-6-7-17-33-22/h2-15,17,20H,16,18-19H2,1H3,(H,34,36)(H,35,37). The van der Waals surface area contributed by atoms with Crippen molar-refractivity contribution < 1.29 is 23.1 Å². The number of alkyl carbamates (subject to hydrolysis) is 1. The van der Waals surface area contributed by atoms with Crippen LogP contribution in [0.3, 0.4) is 0 Å². The number of hydrogen-bond donors (Lipinski definition) is 2. The Balaban J connectivity index is 1.43. The summed E-state index contributed by atoms with van der Waals surface area (Å²) >= 11 is 0. The molecule has 2 N–H and O–H groups in total. The molecular formula is C30H27F2N3O3. The fraction of sp³-hybridized carbons (Fsp3) is 0.167. The SMILES string of the molecule is CC(OC(=O)NCc1ccccc1-c1ccccc1C(=O)NCCc1ccccn1)c1c(F)cccc1F. The molecule has 0 spiro atoms. The molecule has 0 fully saturated rings. The van der Waals surface area contributed by atoms with Crippen LogP contribution in [0.4, 0.5) is 13.6 Å². The van der Waals surface area contributed by atoms with E-state index in [4.69, 9.17) is 4.74 Å². The highest BCUT2D eigenvalue weighted by Gasteiger charge is 2.20. The zero-order valence-electron chi connectivity index (χ0n) is 20.8. The normalized spacial score (nSPS) is 11.4. The fourth-order valence-corrected chi connectivity index (χ4v) is 4.13. The Morgan fingerprint density at radius 3 is 2.26 bits per heavy atom. The van der Waals surface area contributed by atoms with Gasteiger partial charge in [0.1, 0.15) is 17.7 Å².